The van der Waals surface area contributed by atoms with Crippen LogP contribution in [0.5, 0.6) is 5.75 Å². The van der Waals surface area contributed by atoms with Gasteiger partial charge in [0.05, 0.1) is 7.11 Å². The molecule has 1 aromatic heterocycles. The molecule has 0 bridgehead atoms. The van der Waals surface area contributed by atoms with Crippen molar-refractivity contribution in [3.63, 3.8) is 0 Å². The second-order valence-corrected chi connectivity index (χ2v) is 5.92. The Labute approximate surface area is 146 Å². The Balaban J connectivity index is 1.72. The van der Waals surface area contributed by atoms with Crippen LogP contribution in [0.1, 0.15) is 11.1 Å². The van der Waals surface area contributed by atoms with Gasteiger partial charge in [0.15, 0.2) is 5.11 Å². The number of aryl methyl sites for hydroxylation is 1. The second kappa shape index (κ2) is 7.27. The molecule has 122 valence electrons. The number of thiocarbonyl (C=S) groups is 1. The number of benzene rings is 2. The van der Waals surface area contributed by atoms with Gasteiger partial charge in [0.2, 0.25) is 0 Å². The Hall–Kier alpha value is -2.66. The van der Waals surface area contributed by atoms with Crippen LogP contribution in [0.4, 0.5) is 5.69 Å². The Kier molecular flexibility index (Phi) is 4.91. The minimum atomic E-state index is 0.575. The number of methoxy groups -OCH3 is 1. The molecule has 0 aliphatic heterocycles. The molecule has 1 heterocycles. The number of rotatable bonds is 4. The molecule has 0 spiro atoms. The van der Waals surface area contributed by atoms with Crippen molar-refractivity contribution in [2.45, 2.75) is 13.5 Å². The largest absolute Gasteiger partial charge is 0.494 e. The third-order valence-corrected chi connectivity index (χ3v) is 4.02. The summed E-state index contributed by atoms with van der Waals surface area (Å²) in [5, 5.41) is 8.02. The monoisotopic (exact) mass is 337 g/mol. The molecule has 0 amide bonds. The molecule has 2 aromatic carbocycles. The van der Waals surface area contributed by atoms with Crippen molar-refractivity contribution < 1.29 is 4.74 Å². The molecule has 0 saturated heterocycles. The van der Waals surface area contributed by atoms with Crippen LogP contribution in [0.15, 0.2) is 54.7 Å². The maximum Gasteiger partial charge on any atom is 0.171 e. The maximum absolute atomic E-state index is 5.41. The lowest BCUT2D eigenvalue weighted by molar-refractivity contribution is 0.419. The SMILES string of the molecule is COc1ccc(NC(=S)NCc2ccc(C)cc2)c2cccnc12. The van der Waals surface area contributed by atoms with Crippen molar-refractivity contribution in [1.82, 2.24) is 10.3 Å². The zero-order valence-corrected chi connectivity index (χ0v) is 14.5. The van der Waals surface area contributed by atoms with Crippen molar-refractivity contribution in [1.29, 1.82) is 0 Å². The Morgan fingerprint density at radius 1 is 1.12 bits per heavy atom. The summed E-state index contributed by atoms with van der Waals surface area (Å²) in [4.78, 5) is 4.39. The van der Waals surface area contributed by atoms with Gasteiger partial charge in [-0.1, -0.05) is 29.8 Å². The number of nitrogens with one attached hydrogen (secondary N) is 2. The van der Waals surface area contributed by atoms with Gasteiger partial charge in [-0.3, -0.25) is 4.98 Å². The van der Waals surface area contributed by atoms with E-state index in [1.54, 1.807) is 13.3 Å². The highest BCUT2D eigenvalue weighted by atomic mass is 32.1. The number of pyridine rings is 1. The minimum absolute atomic E-state index is 0.575. The molecule has 0 saturated carbocycles. The number of anilines is 1. The molecule has 0 unspecified atom stereocenters. The molecule has 0 radical (unpaired) electrons. The number of fused-ring (bicyclic) bond motifs is 1. The number of hydrogen-bond acceptors (Lipinski definition) is 3. The first-order chi connectivity index (χ1) is 11.7. The van der Waals surface area contributed by atoms with Crippen molar-refractivity contribution in [2.75, 3.05) is 12.4 Å². The third kappa shape index (κ3) is 3.63. The molecule has 0 aliphatic rings. The lowest BCUT2D eigenvalue weighted by Gasteiger charge is -2.14. The van der Waals surface area contributed by atoms with Crippen LogP contribution < -0.4 is 15.4 Å². The Morgan fingerprint density at radius 3 is 2.67 bits per heavy atom. The molecular weight excluding hydrogens is 318 g/mol. The highest BCUT2D eigenvalue weighted by molar-refractivity contribution is 7.80. The standard InChI is InChI=1S/C19H19N3OS/c1-13-5-7-14(8-6-13)12-21-19(24)22-16-9-10-17(23-2)18-15(16)4-3-11-20-18/h3-11H,12H2,1-2H3,(H2,21,22,24). The average Bonchev–Trinajstić information content (AvgIpc) is 2.61. The summed E-state index contributed by atoms with van der Waals surface area (Å²) in [5.41, 5.74) is 4.15. The zero-order valence-electron chi connectivity index (χ0n) is 13.7. The quantitative estimate of drug-likeness (QED) is 0.704. The fraction of sp³-hybridized carbons (Fsp3) is 0.158. The topological polar surface area (TPSA) is 46.2 Å². The molecule has 3 rings (SSSR count). The van der Waals surface area contributed by atoms with E-state index in [1.165, 1.54) is 11.1 Å². The first-order valence-corrected chi connectivity index (χ1v) is 8.10. The number of hydrogen-bond donors (Lipinski definition) is 2. The fourth-order valence-corrected chi connectivity index (χ4v) is 2.66. The van der Waals surface area contributed by atoms with Gasteiger partial charge in [0.25, 0.3) is 0 Å². The molecule has 24 heavy (non-hydrogen) atoms. The van der Waals surface area contributed by atoms with Crippen molar-refractivity contribution >= 4 is 33.9 Å². The van der Waals surface area contributed by atoms with Gasteiger partial charge in [0, 0.05) is 23.8 Å². The smallest absolute Gasteiger partial charge is 0.171 e. The first-order valence-electron chi connectivity index (χ1n) is 7.69. The van der Waals surface area contributed by atoms with Gasteiger partial charge in [-0.15, -0.1) is 0 Å². The average molecular weight is 337 g/mol. The fourth-order valence-electron chi connectivity index (χ4n) is 2.48. The third-order valence-electron chi connectivity index (χ3n) is 3.77. The lowest BCUT2D eigenvalue weighted by Crippen LogP contribution is -2.27. The van der Waals surface area contributed by atoms with Gasteiger partial charge in [-0.05, 0) is 49.0 Å². The van der Waals surface area contributed by atoms with Crippen LogP contribution in [0, 0.1) is 6.92 Å². The van der Waals surface area contributed by atoms with Crippen molar-refractivity contribution in [3.05, 3.63) is 65.9 Å². The molecule has 0 fully saturated rings. The first kappa shape index (κ1) is 16.2. The second-order valence-electron chi connectivity index (χ2n) is 5.51. The normalized spacial score (nSPS) is 10.4. The van der Waals surface area contributed by atoms with E-state index in [1.807, 2.05) is 24.3 Å². The molecule has 5 heteroatoms. The highest BCUT2D eigenvalue weighted by Crippen LogP contribution is 2.29. The van der Waals surface area contributed by atoms with Crippen molar-refractivity contribution in [2.24, 2.45) is 0 Å². The van der Waals surface area contributed by atoms with Gasteiger partial charge < -0.3 is 15.4 Å². The van der Waals surface area contributed by atoms with Crippen LogP contribution in [0.25, 0.3) is 10.9 Å². The molecule has 2 N–H and O–H groups in total. The number of aromatic nitrogens is 1. The van der Waals surface area contributed by atoms with Gasteiger partial charge in [0.1, 0.15) is 11.3 Å². The summed E-state index contributed by atoms with van der Waals surface area (Å²) in [5.74, 6) is 0.745. The Morgan fingerprint density at radius 2 is 1.92 bits per heavy atom. The van der Waals surface area contributed by atoms with E-state index < -0.39 is 0 Å². The summed E-state index contributed by atoms with van der Waals surface area (Å²) in [6, 6.07) is 16.1. The summed E-state index contributed by atoms with van der Waals surface area (Å²) in [7, 11) is 1.64. The molecule has 0 atom stereocenters. The summed E-state index contributed by atoms with van der Waals surface area (Å²) < 4.78 is 5.36. The Bertz CT molecular complexity index is 862. The van der Waals surface area contributed by atoms with Crippen LogP contribution in [0.2, 0.25) is 0 Å². The molecule has 4 nitrogen and oxygen atoms in total. The number of nitrogens with zero attached hydrogens (tertiary/aromatic N) is 1. The van der Waals surface area contributed by atoms with E-state index in [2.05, 4.69) is 46.8 Å². The van der Waals surface area contributed by atoms with E-state index in [0.717, 1.165) is 22.3 Å². The van der Waals surface area contributed by atoms with Crippen molar-refractivity contribution in [3.8, 4) is 5.75 Å². The minimum Gasteiger partial charge on any atom is -0.494 e. The van der Waals surface area contributed by atoms with Crippen LogP contribution in [0.3, 0.4) is 0 Å². The number of ether oxygens (including phenoxy) is 1. The highest BCUT2D eigenvalue weighted by Gasteiger charge is 2.08. The van der Waals surface area contributed by atoms with E-state index in [9.17, 15) is 0 Å². The summed E-state index contributed by atoms with van der Waals surface area (Å²) in [6.45, 7) is 2.75. The van der Waals surface area contributed by atoms with Gasteiger partial charge in [-0.2, -0.15) is 0 Å². The predicted octanol–water partition coefficient (Wildman–Crippen LogP) is 4.04. The van der Waals surface area contributed by atoms with E-state index in [0.29, 0.717) is 11.7 Å². The zero-order chi connectivity index (χ0) is 16.9. The van der Waals surface area contributed by atoms with Crippen LogP contribution in [-0.2, 0) is 6.54 Å². The lowest BCUT2D eigenvalue weighted by atomic mass is 10.1. The van der Waals surface area contributed by atoms with E-state index in [4.69, 9.17) is 17.0 Å². The predicted molar refractivity (Wildman–Crippen MR) is 103 cm³/mol. The van der Waals surface area contributed by atoms with Gasteiger partial charge in [-0.25, -0.2) is 0 Å². The molecule has 0 aliphatic carbocycles. The van der Waals surface area contributed by atoms with E-state index >= 15 is 0 Å². The maximum atomic E-state index is 5.41. The molecular formula is C19H19N3OS. The van der Waals surface area contributed by atoms with Crippen LogP contribution >= 0.6 is 12.2 Å². The van der Waals surface area contributed by atoms with Crippen LogP contribution in [-0.4, -0.2) is 17.2 Å². The van der Waals surface area contributed by atoms with E-state index in [-0.39, 0.29) is 0 Å². The summed E-state index contributed by atoms with van der Waals surface area (Å²) >= 11 is 5.41. The van der Waals surface area contributed by atoms with Gasteiger partial charge >= 0.3 is 0 Å². The molecule has 3 aromatic rings. The summed E-state index contributed by atoms with van der Waals surface area (Å²) in [6.07, 6.45) is 1.75.